The van der Waals surface area contributed by atoms with Crippen LogP contribution in [0.5, 0.6) is 6.01 Å². The summed E-state index contributed by atoms with van der Waals surface area (Å²) >= 11 is 0. The summed E-state index contributed by atoms with van der Waals surface area (Å²) in [6.07, 6.45) is 0. The van der Waals surface area contributed by atoms with E-state index in [9.17, 15) is 0 Å². The van der Waals surface area contributed by atoms with Crippen LogP contribution < -0.4 is 21.3 Å². The van der Waals surface area contributed by atoms with Crippen molar-refractivity contribution < 1.29 is 4.74 Å². The van der Waals surface area contributed by atoms with E-state index in [1.54, 1.807) is 0 Å². The van der Waals surface area contributed by atoms with Crippen molar-refractivity contribution in [3.05, 3.63) is 29.3 Å². The highest BCUT2D eigenvalue weighted by atomic mass is 16.5. The van der Waals surface area contributed by atoms with Gasteiger partial charge in [0, 0.05) is 5.69 Å². The standard InChI is InChI=1S/C13H18N6O/c1-4-20-13-17-11(16-12(18-13)19-14)15-10-7-8(2)5-6-9(10)3/h5-7H,4,14H2,1-3H3,(H2,15,16,17,18,19). The molecule has 1 aromatic heterocycles. The van der Waals surface area contributed by atoms with Crippen molar-refractivity contribution in [3.63, 3.8) is 0 Å². The van der Waals surface area contributed by atoms with Gasteiger partial charge < -0.3 is 10.1 Å². The molecule has 1 aromatic carbocycles. The zero-order valence-electron chi connectivity index (χ0n) is 11.8. The van der Waals surface area contributed by atoms with E-state index < -0.39 is 0 Å². The first kappa shape index (κ1) is 14.0. The summed E-state index contributed by atoms with van der Waals surface area (Å²) in [5, 5.41) is 3.15. The number of ether oxygens (including phenoxy) is 1. The minimum Gasteiger partial charge on any atom is -0.464 e. The second kappa shape index (κ2) is 6.16. The molecule has 0 aliphatic carbocycles. The molecule has 0 fully saturated rings. The third-order valence-corrected chi connectivity index (χ3v) is 2.66. The highest BCUT2D eigenvalue weighted by molar-refractivity contribution is 5.59. The molecule has 0 saturated heterocycles. The predicted molar refractivity (Wildman–Crippen MR) is 78.0 cm³/mol. The van der Waals surface area contributed by atoms with Crippen LogP contribution in [0.15, 0.2) is 18.2 Å². The van der Waals surface area contributed by atoms with Crippen LogP contribution in [-0.4, -0.2) is 21.6 Å². The predicted octanol–water partition coefficient (Wildman–Crippen LogP) is 1.92. The minimum absolute atomic E-state index is 0.225. The maximum absolute atomic E-state index is 5.35. The lowest BCUT2D eigenvalue weighted by atomic mass is 10.1. The SMILES string of the molecule is CCOc1nc(NN)nc(Nc2cc(C)ccc2C)n1. The van der Waals surface area contributed by atoms with Gasteiger partial charge in [-0.2, -0.15) is 15.0 Å². The van der Waals surface area contributed by atoms with Gasteiger partial charge in [-0.1, -0.05) is 12.1 Å². The number of nitrogens with two attached hydrogens (primary N) is 1. The molecule has 7 nitrogen and oxygen atoms in total. The van der Waals surface area contributed by atoms with Crippen LogP contribution in [0.3, 0.4) is 0 Å². The molecule has 20 heavy (non-hydrogen) atoms. The Balaban J connectivity index is 2.32. The monoisotopic (exact) mass is 274 g/mol. The lowest BCUT2D eigenvalue weighted by Gasteiger charge is -2.11. The Morgan fingerprint density at radius 3 is 2.60 bits per heavy atom. The molecule has 7 heteroatoms. The van der Waals surface area contributed by atoms with Crippen molar-refractivity contribution in [1.29, 1.82) is 0 Å². The van der Waals surface area contributed by atoms with Gasteiger partial charge in [0.25, 0.3) is 0 Å². The lowest BCUT2D eigenvalue weighted by molar-refractivity contribution is 0.312. The van der Waals surface area contributed by atoms with Crippen LogP contribution in [0.2, 0.25) is 0 Å². The molecule has 2 aromatic rings. The Labute approximate surface area is 117 Å². The Morgan fingerprint density at radius 2 is 1.90 bits per heavy atom. The smallest absolute Gasteiger partial charge is 0.323 e. The fraction of sp³-hybridized carbons (Fsp3) is 0.308. The third kappa shape index (κ3) is 3.33. The van der Waals surface area contributed by atoms with Gasteiger partial charge in [0.1, 0.15) is 0 Å². The van der Waals surface area contributed by atoms with Crippen molar-refractivity contribution in [1.82, 2.24) is 15.0 Å². The number of rotatable bonds is 5. The van der Waals surface area contributed by atoms with Crippen LogP contribution in [0, 0.1) is 13.8 Å². The van der Waals surface area contributed by atoms with Crippen LogP contribution in [0.4, 0.5) is 17.6 Å². The highest BCUT2D eigenvalue weighted by Gasteiger charge is 2.08. The van der Waals surface area contributed by atoms with Crippen molar-refractivity contribution in [2.75, 3.05) is 17.3 Å². The molecule has 0 radical (unpaired) electrons. The summed E-state index contributed by atoms with van der Waals surface area (Å²) in [7, 11) is 0. The molecule has 4 N–H and O–H groups in total. The number of nitrogens with one attached hydrogen (secondary N) is 2. The van der Waals surface area contributed by atoms with E-state index in [1.165, 1.54) is 0 Å². The molecule has 0 spiro atoms. The molecule has 0 atom stereocenters. The molecule has 0 aliphatic rings. The van der Waals surface area contributed by atoms with Crippen molar-refractivity contribution in [2.24, 2.45) is 5.84 Å². The van der Waals surface area contributed by atoms with E-state index in [0.717, 1.165) is 16.8 Å². The highest BCUT2D eigenvalue weighted by Crippen LogP contribution is 2.21. The lowest BCUT2D eigenvalue weighted by Crippen LogP contribution is -2.13. The zero-order chi connectivity index (χ0) is 14.5. The summed E-state index contributed by atoms with van der Waals surface area (Å²) in [5.74, 6) is 5.97. The average molecular weight is 274 g/mol. The number of hydrogen-bond donors (Lipinski definition) is 3. The summed E-state index contributed by atoms with van der Waals surface area (Å²) in [6.45, 7) is 6.36. The van der Waals surface area contributed by atoms with E-state index >= 15 is 0 Å². The Hall–Kier alpha value is -2.41. The van der Waals surface area contributed by atoms with E-state index in [-0.39, 0.29) is 12.0 Å². The van der Waals surface area contributed by atoms with Gasteiger partial charge in [-0.15, -0.1) is 0 Å². The average Bonchev–Trinajstić information content (AvgIpc) is 2.43. The van der Waals surface area contributed by atoms with Gasteiger partial charge in [-0.25, -0.2) is 5.84 Å². The Kier molecular flexibility index (Phi) is 4.31. The van der Waals surface area contributed by atoms with E-state index in [1.807, 2.05) is 39.0 Å². The van der Waals surface area contributed by atoms with Gasteiger partial charge in [-0.05, 0) is 38.0 Å². The first-order chi connectivity index (χ1) is 9.62. The molecule has 0 amide bonds. The van der Waals surface area contributed by atoms with Gasteiger partial charge in [0.15, 0.2) is 0 Å². The number of hydrogen-bond acceptors (Lipinski definition) is 7. The first-order valence-electron chi connectivity index (χ1n) is 6.32. The molecule has 0 bridgehead atoms. The van der Waals surface area contributed by atoms with Crippen molar-refractivity contribution in [3.8, 4) is 6.01 Å². The fourth-order valence-corrected chi connectivity index (χ4v) is 1.66. The number of nitrogen functional groups attached to an aromatic ring is 1. The van der Waals surface area contributed by atoms with Crippen LogP contribution in [-0.2, 0) is 0 Å². The fourth-order valence-electron chi connectivity index (χ4n) is 1.66. The summed E-state index contributed by atoms with van der Waals surface area (Å²) in [4.78, 5) is 12.3. The molecular formula is C13H18N6O. The summed E-state index contributed by atoms with van der Waals surface area (Å²) in [6, 6.07) is 6.33. The number of benzene rings is 1. The minimum atomic E-state index is 0.225. The summed E-state index contributed by atoms with van der Waals surface area (Å²) in [5.41, 5.74) is 5.57. The van der Waals surface area contributed by atoms with Gasteiger partial charge >= 0.3 is 6.01 Å². The molecule has 1 heterocycles. The second-order valence-corrected chi connectivity index (χ2v) is 4.29. The van der Waals surface area contributed by atoms with Gasteiger partial charge in [0.2, 0.25) is 11.9 Å². The maximum atomic E-state index is 5.35. The van der Waals surface area contributed by atoms with Crippen LogP contribution in [0.1, 0.15) is 18.1 Å². The Morgan fingerprint density at radius 1 is 1.15 bits per heavy atom. The van der Waals surface area contributed by atoms with E-state index in [2.05, 4.69) is 25.7 Å². The second-order valence-electron chi connectivity index (χ2n) is 4.29. The van der Waals surface area contributed by atoms with Gasteiger partial charge in [0.05, 0.1) is 6.61 Å². The largest absolute Gasteiger partial charge is 0.464 e. The first-order valence-corrected chi connectivity index (χ1v) is 6.32. The third-order valence-electron chi connectivity index (χ3n) is 2.66. The molecule has 106 valence electrons. The van der Waals surface area contributed by atoms with Gasteiger partial charge in [-0.3, -0.25) is 5.43 Å². The molecular weight excluding hydrogens is 256 g/mol. The quantitative estimate of drug-likeness (QED) is 0.566. The molecule has 0 unspecified atom stereocenters. The van der Waals surface area contributed by atoms with Crippen molar-refractivity contribution in [2.45, 2.75) is 20.8 Å². The number of aromatic nitrogens is 3. The Bertz CT molecular complexity index is 601. The maximum Gasteiger partial charge on any atom is 0.323 e. The number of nitrogens with zero attached hydrogens (tertiary/aromatic N) is 3. The van der Waals surface area contributed by atoms with E-state index in [4.69, 9.17) is 10.6 Å². The van der Waals surface area contributed by atoms with Crippen LogP contribution >= 0.6 is 0 Å². The zero-order valence-corrected chi connectivity index (χ0v) is 11.8. The number of anilines is 3. The molecule has 2 rings (SSSR count). The normalized spacial score (nSPS) is 10.2. The molecule has 0 aliphatic heterocycles. The number of aryl methyl sites for hydroxylation is 2. The van der Waals surface area contributed by atoms with Crippen molar-refractivity contribution >= 4 is 17.6 Å². The van der Waals surface area contributed by atoms with Crippen LogP contribution in [0.25, 0.3) is 0 Å². The molecule has 0 saturated carbocycles. The van der Waals surface area contributed by atoms with E-state index in [0.29, 0.717) is 12.6 Å². The topological polar surface area (TPSA) is 98.0 Å². The summed E-state index contributed by atoms with van der Waals surface area (Å²) < 4.78 is 5.28. The number of hydrazine groups is 1.